The van der Waals surface area contributed by atoms with Gasteiger partial charge in [0.05, 0.1) is 12.6 Å². The van der Waals surface area contributed by atoms with Crippen LogP contribution in [-0.2, 0) is 9.53 Å². The van der Waals surface area contributed by atoms with Gasteiger partial charge in [0.15, 0.2) is 0 Å². The first-order valence-corrected chi connectivity index (χ1v) is 8.33. The van der Waals surface area contributed by atoms with Crippen molar-refractivity contribution >= 4 is 12.0 Å². The lowest BCUT2D eigenvalue weighted by molar-refractivity contribution is -0.122. The van der Waals surface area contributed by atoms with Crippen LogP contribution in [0.25, 0.3) is 0 Å². The van der Waals surface area contributed by atoms with E-state index >= 15 is 0 Å². The van der Waals surface area contributed by atoms with E-state index in [-0.39, 0.29) is 11.9 Å². The number of ether oxygens (including phenoxy) is 2. The second-order valence-corrected chi connectivity index (χ2v) is 6.83. The fourth-order valence-electron chi connectivity index (χ4n) is 2.51. The Bertz CT molecular complexity index is 581. The predicted molar refractivity (Wildman–Crippen MR) is 90.9 cm³/mol. The van der Waals surface area contributed by atoms with E-state index in [0.717, 1.165) is 17.7 Å². The quantitative estimate of drug-likeness (QED) is 0.812. The zero-order chi connectivity index (χ0) is 17.6. The maximum Gasteiger partial charge on any atom is 0.407 e. The average molecular weight is 334 g/mol. The second kappa shape index (κ2) is 8.04. The maximum atomic E-state index is 12.1. The van der Waals surface area contributed by atoms with Crippen LogP contribution in [0.4, 0.5) is 4.79 Å². The Morgan fingerprint density at radius 2 is 2.04 bits per heavy atom. The molecule has 1 aromatic carbocycles. The van der Waals surface area contributed by atoms with Gasteiger partial charge in [0.1, 0.15) is 11.4 Å². The number of carbonyl (C=O) groups is 2. The van der Waals surface area contributed by atoms with Gasteiger partial charge in [-0.2, -0.15) is 0 Å². The maximum absolute atomic E-state index is 12.1. The van der Waals surface area contributed by atoms with Crippen molar-refractivity contribution in [3.05, 3.63) is 29.8 Å². The molecule has 1 heterocycles. The van der Waals surface area contributed by atoms with Gasteiger partial charge in [-0.25, -0.2) is 4.79 Å². The number of rotatable bonds is 5. The van der Waals surface area contributed by atoms with Crippen molar-refractivity contribution in [3.63, 3.8) is 0 Å². The molecule has 6 heteroatoms. The van der Waals surface area contributed by atoms with E-state index in [9.17, 15) is 9.59 Å². The Kier molecular flexibility index (Phi) is 6.06. The highest BCUT2D eigenvalue weighted by Gasteiger charge is 2.22. The molecule has 2 amide bonds. The van der Waals surface area contributed by atoms with E-state index in [1.807, 2.05) is 45.0 Å². The van der Waals surface area contributed by atoms with Crippen LogP contribution in [0.15, 0.2) is 24.3 Å². The van der Waals surface area contributed by atoms with Gasteiger partial charge in [-0.05, 0) is 33.3 Å². The van der Waals surface area contributed by atoms with Crippen LogP contribution >= 0.6 is 0 Å². The molecule has 0 aromatic heterocycles. The fourth-order valence-corrected chi connectivity index (χ4v) is 2.51. The number of amides is 2. The fraction of sp³-hybridized carbons (Fsp3) is 0.556. The van der Waals surface area contributed by atoms with Crippen LogP contribution in [0.1, 0.15) is 51.6 Å². The number of alkyl carbamates (subject to hydrolysis) is 1. The monoisotopic (exact) mass is 334 g/mol. The number of fused-ring (bicyclic) bond motifs is 1. The van der Waals surface area contributed by atoms with Crippen molar-refractivity contribution < 1.29 is 19.1 Å². The summed E-state index contributed by atoms with van der Waals surface area (Å²) in [7, 11) is 0. The van der Waals surface area contributed by atoms with Gasteiger partial charge in [0, 0.05) is 24.9 Å². The van der Waals surface area contributed by atoms with Gasteiger partial charge < -0.3 is 20.1 Å². The topological polar surface area (TPSA) is 76.7 Å². The highest BCUT2D eigenvalue weighted by atomic mass is 16.6. The molecular weight excluding hydrogens is 308 g/mol. The standard InChI is InChI=1S/C18H26N2O4/c1-18(2,3)24-17(22)19-11-6-9-16(21)20-14-10-12-23-15-8-5-4-7-13(14)15/h4-5,7-8,14H,6,9-12H2,1-3H3,(H,19,22)(H,20,21)/t14-/m0/s1. The highest BCUT2D eigenvalue weighted by Crippen LogP contribution is 2.31. The molecule has 1 atom stereocenters. The summed E-state index contributed by atoms with van der Waals surface area (Å²) in [6.07, 6.45) is 1.23. The van der Waals surface area contributed by atoms with Gasteiger partial charge in [0.25, 0.3) is 0 Å². The SMILES string of the molecule is CC(C)(C)OC(=O)NCCCC(=O)N[C@H]1CCOc2ccccc21. The predicted octanol–water partition coefficient (Wildman–Crippen LogP) is 2.93. The van der Waals surface area contributed by atoms with E-state index in [2.05, 4.69) is 10.6 Å². The summed E-state index contributed by atoms with van der Waals surface area (Å²) in [5, 5.41) is 5.69. The lowest BCUT2D eigenvalue weighted by Crippen LogP contribution is -2.34. The van der Waals surface area contributed by atoms with Crippen molar-refractivity contribution in [2.24, 2.45) is 0 Å². The third-order valence-electron chi connectivity index (χ3n) is 3.54. The molecule has 0 spiro atoms. The number of benzene rings is 1. The molecule has 2 N–H and O–H groups in total. The molecule has 0 aliphatic carbocycles. The van der Waals surface area contributed by atoms with Crippen molar-refractivity contribution in [1.29, 1.82) is 0 Å². The first kappa shape index (κ1) is 18.1. The summed E-state index contributed by atoms with van der Waals surface area (Å²) in [6.45, 7) is 6.44. The van der Waals surface area contributed by atoms with E-state index in [0.29, 0.717) is 26.0 Å². The first-order chi connectivity index (χ1) is 11.3. The average Bonchev–Trinajstić information content (AvgIpc) is 2.50. The molecule has 0 bridgehead atoms. The molecule has 132 valence electrons. The summed E-state index contributed by atoms with van der Waals surface area (Å²) in [5.41, 5.74) is 0.502. The molecule has 0 fully saturated rings. The van der Waals surface area contributed by atoms with E-state index in [4.69, 9.17) is 9.47 Å². The first-order valence-electron chi connectivity index (χ1n) is 8.33. The van der Waals surface area contributed by atoms with Crippen molar-refractivity contribution in [1.82, 2.24) is 10.6 Å². The Balaban J connectivity index is 1.70. The van der Waals surface area contributed by atoms with Crippen LogP contribution in [0.2, 0.25) is 0 Å². The molecule has 1 aliphatic rings. The molecule has 0 saturated heterocycles. The Hall–Kier alpha value is -2.24. The Morgan fingerprint density at radius 1 is 1.29 bits per heavy atom. The zero-order valence-electron chi connectivity index (χ0n) is 14.6. The minimum atomic E-state index is -0.516. The number of hydrogen-bond acceptors (Lipinski definition) is 4. The number of nitrogens with one attached hydrogen (secondary N) is 2. The largest absolute Gasteiger partial charge is 0.493 e. The molecule has 1 aromatic rings. The number of carbonyl (C=O) groups excluding carboxylic acids is 2. The molecule has 0 saturated carbocycles. The van der Waals surface area contributed by atoms with E-state index in [1.54, 1.807) is 0 Å². The van der Waals surface area contributed by atoms with Crippen molar-refractivity contribution in [2.45, 2.75) is 51.7 Å². The lowest BCUT2D eigenvalue weighted by Gasteiger charge is -2.26. The van der Waals surface area contributed by atoms with Crippen molar-refractivity contribution in [2.75, 3.05) is 13.2 Å². The Morgan fingerprint density at radius 3 is 2.79 bits per heavy atom. The third-order valence-corrected chi connectivity index (χ3v) is 3.54. The summed E-state index contributed by atoms with van der Waals surface area (Å²) in [6, 6.07) is 7.74. The summed E-state index contributed by atoms with van der Waals surface area (Å²) < 4.78 is 10.7. The number of para-hydroxylation sites is 1. The lowest BCUT2D eigenvalue weighted by atomic mass is 10.0. The van der Waals surface area contributed by atoms with Gasteiger partial charge in [0.2, 0.25) is 5.91 Å². The summed E-state index contributed by atoms with van der Waals surface area (Å²) in [4.78, 5) is 23.6. The normalized spacial score (nSPS) is 16.5. The summed E-state index contributed by atoms with van der Waals surface area (Å²) >= 11 is 0. The second-order valence-electron chi connectivity index (χ2n) is 6.83. The van der Waals surface area contributed by atoms with Gasteiger partial charge >= 0.3 is 6.09 Å². The van der Waals surface area contributed by atoms with Gasteiger partial charge in [-0.3, -0.25) is 4.79 Å². The molecule has 2 rings (SSSR count). The molecule has 6 nitrogen and oxygen atoms in total. The zero-order valence-corrected chi connectivity index (χ0v) is 14.6. The van der Waals surface area contributed by atoms with Crippen LogP contribution < -0.4 is 15.4 Å². The minimum absolute atomic E-state index is 0.0127. The van der Waals surface area contributed by atoms with Crippen LogP contribution in [0, 0.1) is 0 Å². The number of hydrogen-bond donors (Lipinski definition) is 2. The molecule has 24 heavy (non-hydrogen) atoms. The molecule has 0 radical (unpaired) electrons. The van der Waals surface area contributed by atoms with E-state index in [1.165, 1.54) is 0 Å². The molecule has 1 aliphatic heterocycles. The Labute approximate surface area is 142 Å². The molecular formula is C18H26N2O4. The van der Waals surface area contributed by atoms with Crippen molar-refractivity contribution in [3.8, 4) is 5.75 Å². The van der Waals surface area contributed by atoms with Crippen LogP contribution in [0.3, 0.4) is 0 Å². The van der Waals surface area contributed by atoms with Gasteiger partial charge in [-0.15, -0.1) is 0 Å². The third kappa shape index (κ3) is 5.76. The minimum Gasteiger partial charge on any atom is -0.493 e. The van der Waals surface area contributed by atoms with Gasteiger partial charge in [-0.1, -0.05) is 18.2 Å². The van der Waals surface area contributed by atoms with Crippen LogP contribution in [0.5, 0.6) is 5.75 Å². The van der Waals surface area contributed by atoms with Crippen LogP contribution in [-0.4, -0.2) is 30.8 Å². The van der Waals surface area contributed by atoms with E-state index < -0.39 is 11.7 Å². The molecule has 0 unspecified atom stereocenters. The smallest absolute Gasteiger partial charge is 0.407 e. The summed E-state index contributed by atoms with van der Waals surface area (Å²) in [5.74, 6) is 0.809. The highest BCUT2D eigenvalue weighted by molar-refractivity contribution is 5.76.